The van der Waals surface area contributed by atoms with Gasteiger partial charge in [0.25, 0.3) is 0 Å². The highest BCUT2D eigenvalue weighted by Crippen LogP contribution is 2.27. The van der Waals surface area contributed by atoms with Crippen molar-refractivity contribution in [3.05, 3.63) is 52.5 Å². The number of hydrogen-bond donors (Lipinski definition) is 1. The second-order valence-electron chi connectivity index (χ2n) is 7.27. The zero-order chi connectivity index (χ0) is 20.8. The van der Waals surface area contributed by atoms with Crippen molar-refractivity contribution in [2.75, 3.05) is 52.3 Å². The van der Waals surface area contributed by atoms with Gasteiger partial charge in [0.1, 0.15) is 11.5 Å². The van der Waals surface area contributed by atoms with Crippen LogP contribution in [0.4, 0.5) is 5.69 Å². The van der Waals surface area contributed by atoms with Crippen LogP contribution in [-0.2, 0) is 11.3 Å². The number of piperazine rings is 1. The average molecular weight is 418 g/mol. The van der Waals surface area contributed by atoms with E-state index < -0.39 is 0 Å². The van der Waals surface area contributed by atoms with Crippen molar-refractivity contribution in [1.82, 2.24) is 9.80 Å². The van der Waals surface area contributed by atoms with Crippen molar-refractivity contribution < 1.29 is 14.3 Å². The first-order chi connectivity index (χ1) is 14.0. The molecule has 2 aromatic carbocycles. The van der Waals surface area contributed by atoms with Crippen LogP contribution in [0.5, 0.6) is 11.5 Å². The quantitative estimate of drug-likeness (QED) is 0.748. The molecular formula is C22H28ClN3O3. The molecule has 0 unspecified atom stereocenters. The van der Waals surface area contributed by atoms with Crippen LogP contribution in [-0.4, -0.2) is 62.7 Å². The number of nitrogens with zero attached hydrogens (tertiary/aromatic N) is 2. The van der Waals surface area contributed by atoms with Crippen molar-refractivity contribution >= 4 is 23.2 Å². The fourth-order valence-electron chi connectivity index (χ4n) is 3.53. The van der Waals surface area contributed by atoms with E-state index in [-0.39, 0.29) is 5.91 Å². The van der Waals surface area contributed by atoms with E-state index in [1.54, 1.807) is 32.4 Å². The lowest BCUT2D eigenvalue weighted by Gasteiger charge is -2.34. The third-order valence-electron chi connectivity index (χ3n) is 5.10. The Bertz CT molecular complexity index is 851. The van der Waals surface area contributed by atoms with Gasteiger partial charge in [-0.25, -0.2) is 0 Å². The normalized spacial score (nSPS) is 15.2. The van der Waals surface area contributed by atoms with Gasteiger partial charge in [-0.05, 0) is 31.2 Å². The summed E-state index contributed by atoms with van der Waals surface area (Å²) in [6.45, 7) is 6.85. The van der Waals surface area contributed by atoms with E-state index in [0.717, 1.165) is 38.5 Å². The van der Waals surface area contributed by atoms with Gasteiger partial charge < -0.3 is 14.8 Å². The van der Waals surface area contributed by atoms with E-state index in [2.05, 4.69) is 34.2 Å². The highest BCUT2D eigenvalue weighted by molar-refractivity contribution is 6.32. The smallest absolute Gasteiger partial charge is 0.238 e. The van der Waals surface area contributed by atoms with Gasteiger partial charge in [-0.15, -0.1) is 0 Å². The number of rotatable bonds is 7. The summed E-state index contributed by atoms with van der Waals surface area (Å²) in [5.41, 5.74) is 3.11. The zero-order valence-corrected chi connectivity index (χ0v) is 18.0. The SMILES string of the molecule is COc1ccc(NC(=O)CN2CCN(Cc3cc(C)ccc3OC)CC2)cc1Cl. The van der Waals surface area contributed by atoms with Gasteiger partial charge in [0.2, 0.25) is 5.91 Å². The molecule has 3 rings (SSSR count). The van der Waals surface area contributed by atoms with Crippen LogP contribution in [0.25, 0.3) is 0 Å². The lowest BCUT2D eigenvalue weighted by Crippen LogP contribution is -2.48. The van der Waals surface area contributed by atoms with Crippen LogP contribution in [0, 0.1) is 6.92 Å². The number of methoxy groups -OCH3 is 2. The van der Waals surface area contributed by atoms with Crippen LogP contribution in [0.15, 0.2) is 36.4 Å². The molecule has 7 heteroatoms. The molecule has 1 aliphatic rings. The van der Waals surface area contributed by atoms with Crippen molar-refractivity contribution in [1.29, 1.82) is 0 Å². The van der Waals surface area contributed by atoms with Gasteiger partial charge in [0, 0.05) is 44.0 Å². The maximum Gasteiger partial charge on any atom is 0.238 e. The molecule has 1 N–H and O–H groups in total. The monoisotopic (exact) mass is 417 g/mol. The van der Waals surface area contributed by atoms with Crippen LogP contribution in [0.3, 0.4) is 0 Å². The van der Waals surface area contributed by atoms with Crippen LogP contribution >= 0.6 is 11.6 Å². The number of anilines is 1. The Hall–Kier alpha value is -2.28. The molecule has 1 aliphatic heterocycles. The number of amides is 1. The number of benzene rings is 2. The lowest BCUT2D eigenvalue weighted by molar-refractivity contribution is -0.117. The van der Waals surface area contributed by atoms with Crippen molar-refractivity contribution in [3.63, 3.8) is 0 Å². The van der Waals surface area contributed by atoms with Gasteiger partial charge in [0.15, 0.2) is 0 Å². The summed E-state index contributed by atoms with van der Waals surface area (Å²) in [4.78, 5) is 17.0. The Morgan fingerprint density at radius 1 is 1.00 bits per heavy atom. The zero-order valence-electron chi connectivity index (χ0n) is 17.2. The third-order valence-corrected chi connectivity index (χ3v) is 5.39. The second kappa shape index (κ2) is 9.96. The van der Waals surface area contributed by atoms with Gasteiger partial charge in [-0.1, -0.05) is 29.3 Å². The summed E-state index contributed by atoms with van der Waals surface area (Å²) in [5, 5.41) is 3.38. The number of ether oxygens (including phenoxy) is 2. The molecule has 0 aromatic heterocycles. The predicted octanol–water partition coefficient (Wildman–Crippen LogP) is 3.42. The van der Waals surface area contributed by atoms with Gasteiger partial charge in [-0.3, -0.25) is 14.6 Å². The molecule has 2 aromatic rings. The molecule has 0 bridgehead atoms. The first kappa shape index (κ1) is 21.4. The molecule has 6 nitrogen and oxygen atoms in total. The highest BCUT2D eigenvalue weighted by atomic mass is 35.5. The summed E-state index contributed by atoms with van der Waals surface area (Å²) >= 11 is 6.12. The molecule has 1 amide bonds. The minimum atomic E-state index is -0.0416. The number of aryl methyl sites for hydroxylation is 1. The van der Waals surface area contributed by atoms with E-state index in [4.69, 9.17) is 21.1 Å². The molecule has 0 radical (unpaired) electrons. The lowest BCUT2D eigenvalue weighted by atomic mass is 10.1. The fourth-order valence-corrected chi connectivity index (χ4v) is 3.78. The summed E-state index contributed by atoms with van der Waals surface area (Å²) in [6.07, 6.45) is 0. The van der Waals surface area contributed by atoms with Crippen molar-refractivity contribution in [2.45, 2.75) is 13.5 Å². The Kier molecular flexibility index (Phi) is 7.36. The number of hydrogen-bond acceptors (Lipinski definition) is 5. The molecule has 1 saturated heterocycles. The highest BCUT2D eigenvalue weighted by Gasteiger charge is 2.20. The summed E-state index contributed by atoms with van der Waals surface area (Å²) < 4.78 is 10.6. The second-order valence-corrected chi connectivity index (χ2v) is 7.67. The van der Waals surface area contributed by atoms with E-state index >= 15 is 0 Å². The minimum Gasteiger partial charge on any atom is -0.496 e. The third kappa shape index (κ3) is 5.85. The van der Waals surface area contributed by atoms with Crippen molar-refractivity contribution in [2.24, 2.45) is 0 Å². The number of carbonyl (C=O) groups excluding carboxylic acids is 1. The molecule has 0 spiro atoms. The number of carbonyl (C=O) groups is 1. The van der Waals surface area contributed by atoms with Crippen molar-refractivity contribution in [3.8, 4) is 11.5 Å². The molecule has 156 valence electrons. The van der Waals surface area contributed by atoms with Crippen LogP contribution < -0.4 is 14.8 Å². The van der Waals surface area contributed by atoms with E-state index in [1.807, 2.05) is 6.07 Å². The topological polar surface area (TPSA) is 54.0 Å². The number of halogens is 1. The molecule has 0 atom stereocenters. The van der Waals surface area contributed by atoms with Crippen LogP contribution in [0.2, 0.25) is 5.02 Å². The van der Waals surface area contributed by atoms with Gasteiger partial charge in [0.05, 0.1) is 25.8 Å². The van der Waals surface area contributed by atoms with Crippen LogP contribution in [0.1, 0.15) is 11.1 Å². The average Bonchev–Trinajstić information content (AvgIpc) is 2.70. The standard InChI is InChI=1S/C22H28ClN3O3/c1-16-4-6-20(28-2)17(12-16)14-25-8-10-26(11-9-25)15-22(27)24-18-5-7-21(29-3)19(23)13-18/h4-7,12-13H,8-11,14-15H2,1-3H3,(H,24,27). The Morgan fingerprint density at radius 3 is 2.31 bits per heavy atom. The molecule has 0 aliphatic carbocycles. The maximum atomic E-state index is 12.4. The predicted molar refractivity (Wildman–Crippen MR) is 116 cm³/mol. The van der Waals surface area contributed by atoms with E-state index in [0.29, 0.717) is 23.0 Å². The van der Waals surface area contributed by atoms with E-state index in [9.17, 15) is 4.79 Å². The maximum absolute atomic E-state index is 12.4. The fraction of sp³-hybridized carbons (Fsp3) is 0.409. The molecule has 1 fully saturated rings. The summed E-state index contributed by atoms with van der Waals surface area (Å²) in [5.74, 6) is 1.47. The Morgan fingerprint density at radius 2 is 1.66 bits per heavy atom. The first-order valence-electron chi connectivity index (χ1n) is 9.70. The Balaban J connectivity index is 1.48. The largest absolute Gasteiger partial charge is 0.496 e. The van der Waals surface area contributed by atoms with Gasteiger partial charge in [-0.2, -0.15) is 0 Å². The molecule has 0 saturated carbocycles. The Labute approximate surface area is 177 Å². The first-order valence-corrected chi connectivity index (χ1v) is 10.1. The number of nitrogens with one attached hydrogen (secondary N) is 1. The molecule has 1 heterocycles. The minimum absolute atomic E-state index is 0.0416. The van der Waals surface area contributed by atoms with E-state index in [1.165, 1.54) is 11.1 Å². The summed E-state index contributed by atoms with van der Waals surface area (Å²) in [7, 11) is 3.27. The molecule has 29 heavy (non-hydrogen) atoms. The molecular weight excluding hydrogens is 390 g/mol. The summed E-state index contributed by atoms with van der Waals surface area (Å²) in [6, 6.07) is 11.5. The van der Waals surface area contributed by atoms with Gasteiger partial charge >= 0.3 is 0 Å².